The Kier molecular flexibility index (Phi) is 3.47. The third-order valence-electron chi connectivity index (χ3n) is 2.61. The van der Waals surface area contributed by atoms with E-state index in [0.717, 1.165) is 5.75 Å². The molecule has 1 aliphatic carbocycles. The van der Waals surface area contributed by atoms with Gasteiger partial charge in [-0.05, 0) is 32.6 Å². The first kappa shape index (κ1) is 10.5. The Morgan fingerprint density at radius 3 is 3.21 bits per heavy atom. The Hall–Kier alpha value is -0.0600. The highest BCUT2D eigenvalue weighted by molar-refractivity contribution is 7.97. The van der Waals surface area contributed by atoms with Crippen LogP contribution in [0.1, 0.15) is 34.5 Å². The van der Waals surface area contributed by atoms with Gasteiger partial charge in [-0.1, -0.05) is 0 Å². The van der Waals surface area contributed by atoms with Crippen LogP contribution in [0.2, 0.25) is 0 Å². The molecule has 78 valence electrons. The normalized spacial score (nSPS) is 20.9. The maximum atomic E-state index is 4.70. The molecule has 0 saturated carbocycles. The van der Waals surface area contributed by atoms with E-state index in [9.17, 15) is 0 Å². The van der Waals surface area contributed by atoms with E-state index in [1.807, 2.05) is 30.1 Å². The molecular weight excluding hydrogens is 212 g/mol. The van der Waals surface area contributed by atoms with Gasteiger partial charge in [-0.15, -0.1) is 11.3 Å². The smallest absolute Gasteiger partial charge is 0.103 e. The second kappa shape index (κ2) is 4.64. The van der Waals surface area contributed by atoms with Gasteiger partial charge in [0.2, 0.25) is 0 Å². The van der Waals surface area contributed by atoms with E-state index in [4.69, 9.17) is 4.98 Å². The number of aromatic nitrogens is 1. The predicted octanol–water partition coefficient (Wildman–Crippen LogP) is 2.60. The molecule has 0 amide bonds. The molecule has 0 fully saturated rings. The molecule has 0 saturated heterocycles. The van der Waals surface area contributed by atoms with Gasteiger partial charge in [0.05, 0.1) is 5.69 Å². The number of thioether (sulfide) groups is 1. The quantitative estimate of drug-likeness (QED) is 0.861. The lowest BCUT2D eigenvalue weighted by Gasteiger charge is -2.20. The van der Waals surface area contributed by atoms with Crippen molar-refractivity contribution in [3.8, 4) is 0 Å². The first-order chi connectivity index (χ1) is 6.85. The van der Waals surface area contributed by atoms with Crippen LogP contribution >= 0.6 is 23.1 Å². The molecule has 14 heavy (non-hydrogen) atoms. The van der Waals surface area contributed by atoms with Gasteiger partial charge in [0.1, 0.15) is 5.01 Å². The number of nitrogens with one attached hydrogen (secondary N) is 1. The van der Waals surface area contributed by atoms with E-state index in [1.165, 1.54) is 34.8 Å². The number of aryl methyl sites for hydroxylation is 1. The number of fused-ring (bicyclic) bond motifs is 1. The highest BCUT2D eigenvalue weighted by Gasteiger charge is 2.22. The Morgan fingerprint density at radius 2 is 2.50 bits per heavy atom. The van der Waals surface area contributed by atoms with Gasteiger partial charge in [-0.3, -0.25) is 0 Å². The summed E-state index contributed by atoms with van der Waals surface area (Å²) >= 11 is 3.75. The minimum absolute atomic E-state index is 0.562. The van der Waals surface area contributed by atoms with Crippen molar-refractivity contribution in [2.24, 2.45) is 0 Å². The van der Waals surface area contributed by atoms with Crippen molar-refractivity contribution < 1.29 is 0 Å². The number of hydrogen-bond acceptors (Lipinski definition) is 4. The molecule has 2 nitrogen and oxygen atoms in total. The molecule has 1 unspecified atom stereocenters. The lowest BCUT2D eigenvalue weighted by Crippen LogP contribution is -2.19. The standard InChI is InChI=1S/C10H16N2S2/c1-11-7-4-3-5-8-10(7)14-9(12-8)6-13-2/h7,11H,3-6H2,1-2H3. The first-order valence-corrected chi connectivity index (χ1v) is 7.21. The summed E-state index contributed by atoms with van der Waals surface area (Å²) in [5, 5.41) is 4.68. The van der Waals surface area contributed by atoms with Crippen molar-refractivity contribution in [1.82, 2.24) is 10.3 Å². The summed E-state index contributed by atoms with van der Waals surface area (Å²) < 4.78 is 0. The number of thiazole rings is 1. The molecule has 0 radical (unpaired) electrons. The molecule has 4 heteroatoms. The highest BCUT2D eigenvalue weighted by Crippen LogP contribution is 2.34. The summed E-state index contributed by atoms with van der Waals surface area (Å²) in [7, 11) is 2.05. The van der Waals surface area contributed by atoms with Crippen molar-refractivity contribution >= 4 is 23.1 Å². The summed E-state index contributed by atoms with van der Waals surface area (Å²) in [5.41, 5.74) is 1.35. The molecule has 2 rings (SSSR count). The van der Waals surface area contributed by atoms with E-state index >= 15 is 0 Å². The molecule has 0 aliphatic heterocycles. The summed E-state index contributed by atoms with van der Waals surface area (Å²) in [6.45, 7) is 0. The summed E-state index contributed by atoms with van der Waals surface area (Å²) in [6, 6.07) is 0.562. The van der Waals surface area contributed by atoms with Gasteiger partial charge in [-0.2, -0.15) is 11.8 Å². The van der Waals surface area contributed by atoms with E-state index in [0.29, 0.717) is 6.04 Å². The fraction of sp³-hybridized carbons (Fsp3) is 0.700. The Labute approximate surface area is 93.5 Å². The zero-order valence-electron chi connectivity index (χ0n) is 8.67. The van der Waals surface area contributed by atoms with Crippen molar-refractivity contribution in [3.05, 3.63) is 15.6 Å². The summed E-state index contributed by atoms with van der Waals surface area (Å²) in [5.74, 6) is 1.06. The van der Waals surface area contributed by atoms with E-state index in [2.05, 4.69) is 11.6 Å². The molecule has 0 bridgehead atoms. The molecule has 1 aromatic rings. The van der Waals surface area contributed by atoms with Crippen LogP contribution in [-0.2, 0) is 12.2 Å². The minimum Gasteiger partial charge on any atom is -0.312 e. The number of rotatable bonds is 3. The summed E-state index contributed by atoms with van der Waals surface area (Å²) in [6.07, 6.45) is 5.86. The van der Waals surface area contributed by atoms with Crippen molar-refractivity contribution in [2.75, 3.05) is 13.3 Å². The third-order valence-corrected chi connectivity index (χ3v) is 4.57. The Morgan fingerprint density at radius 1 is 1.64 bits per heavy atom. The lowest BCUT2D eigenvalue weighted by molar-refractivity contribution is 0.501. The Balaban J connectivity index is 2.24. The SMILES string of the molecule is CNC1CCCc2nc(CSC)sc21. The second-order valence-electron chi connectivity index (χ2n) is 3.59. The topological polar surface area (TPSA) is 24.9 Å². The van der Waals surface area contributed by atoms with Crippen LogP contribution in [0.15, 0.2) is 0 Å². The van der Waals surface area contributed by atoms with E-state index < -0.39 is 0 Å². The zero-order valence-corrected chi connectivity index (χ0v) is 10.3. The van der Waals surface area contributed by atoms with Crippen LogP contribution < -0.4 is 5.32 Å². The molecule has 1 aromatic heterocycles. The Bertz CT molecular complexity index is 309. The van der Waals surface area contributed by atoms with Crippen LogP contribution in [0.3, 0.4) is 0 Å². The van der Waals surface area contributed by atoms with Crippen LogP contribution in [0, 0.1) is 0 Å². The predicted molar refractivity (Wildman–Crippen MR) is 64.1 cm³/mol. The minimum atomic E-state index is 0.562. The maximum absolute atomic E-state index is 4.70. The lowest BCUT2D eigenvalue weighted by atomic mass is 9.98. The van der Waals surface area contributed by atoms with E-state index in [1.54, 1.807) is 0 Å². The fourth-order valence-electron chi connectivity index (χ4n) is 1.93. The molecule has 1 heterocycles. The number of hydrogen-bond donors (Lipinski definition) is 1. The first-order valence-electron chi connectivity index (χ1n) is 5.00. The zero-order chi connectivity index (χ0) is 9.97. The highest BCUT2D eigenvalue weighted by atomic mass is 32.2. The second-order valence-corrected chi connectivity index (χ2v) is 5.57. The van der Waals surface area contributed by atoms with Gasteiger partial charge in [0.25, 0.3) is 0 Å². The average Bonchev–Trinajstić information content (AvgIpc) is 2.60. The fourth-order valence-corrected chi connectivity index (χ4v) is 3.88. The van der Waals surface area contributed by atoms with Gasteiger partial charge in [0.15, 0.2) is 0 Å². The van der Waals surface area contributed by atoms with Gasteiger partial charge >= 0.3 is 0 Å². The van der Waals surface area contributed by atoms with Crippen LogP contribution in [0.4, 0.5) is 0 Å². The molecule has 0 aromatic carbocycles. The molecule has 1 N–H and O–H groups in total. The van der Waals surface area contributed by atoms with Crippen LogP contribution in [0.25, 0.3) is 0 Å². The third kappa shape index (κ3) is 1.97. The number of nitrogens with zero attached hydrogens (tertiary/aromatic N) is 1. The van der Waals surface area contributed by atoms with E-state index in [-0.39, 0.29) is 0 Å². The molecule has 1 aliphatic rings. The summed E-state index contributed by atoms with van der Waals surface area (Å²) in [4.78, 5) is 6.19. The van der Waals surface area contributed by atoms with Crippen LogP contribution in [0.5, 0.6) is 0 Å². The van der Waals surface area contributed by atoms with Gasteiger partial charge < -0.3 is 5.32 Å². The monoisotopic (exact) mass is 228 g/mol. The largest absolute Gasteiger partial charge is 0.312 e. The van der Waals surface area contributed by atoms with Crippen molar-refractivity contribution in [1.29, 1.82) is 0 Å². The molecule has 0 spiro atoms. The van der Waals surface area contributed by atoms with Gasteiger partial charge in [-0.25, -0.2) is 4.98 Å². The molecular formula is C10H16N2S2. The van der Waals surface area contributed by atoms with Gasteiger partial charge in [0, 0.05) is 16.7 Å². The average molecular weight is 228 g/mol. The van der Waals surface area contributed by atoms with Crippen molar-refractivity contribution in [2.45, 2.75) is 31.1 Å². The van der Waals surface area contributed by atoms with Crippen molar-refractivity contribution in [3.63, 3.8) is 0 Å². The van der Waals surface area contributed by atoms with Crippen LogP contribution in [-0.4, -0.2) is 18.3 Å². The maximum Gasteiger partial charge on any atom is 0.103 e. The molecule has 1 atom stereocenters.